The number of nitrogens with zero attached hydrogens (tertiary/aromatic N) is 2. The number of fused-ring (bicyclic) bond motifs is 1. The summed E-state index contributed by atoms with van der Waals surface area (Å²) >= 11 is 0. The van der Waals surface area contributed by atoms with Gasteiger partial charge in [-0.2, -0.15) is 0 Å². The molecule has 25 heavy (non-hydrogen) atoms. The lowest BCUT2D eigenvalue weighted by Crippen LogP contribution is -2.22. The van der Waals surface area contributed by atoms with Crippen LogP contribution in [0.4, 0.5) is 11.4 Å². The minimum Gasteiger partial charge on any atom is -0.493 e. The Morgan fingerprint density at radius 2 is 2.04 bits per heavy atom. The third kappa shape index (κ3) is 3.59. The third-order valence-corrected chi connectivity index (χ3v) is 3.93. The van der Waals surface area contributed by atoms with Crippen molar-refractivity contribution in [3.63, 3.8) is 0 Å². The zero-order chi connectivity index (χ0) is 17.6. The van der Waals surface area contributed by atoms with E-state index in [1.165, 1.54) is 0 Å². The molecule has 0 spiro atoms. The average molecular weight is 336 g/mol. The molecular formula is C20H20N2O3. The number of ether oxygens (including phenoxy) is 3. The first kappa shape index (κ1) is 16.9. The van der Waals surface area contributed by atoms with E-state index in [2.05, 4.69) is 15.8 Å². The van der Waals surface area contributed by atoms with Crippen LogP contribution in [0, 0.1) is 12.3 Å². The van der Waals surface area contributed by atoms with Crippen LogP contribution in [0.25, 0.3) is 0 Å². The van der Waals surface area contributed by atoms with Crippen molar-refractivity contribution in [1.82, 2.24) is 0 Å². The predicted octanol–water partition coefficient (Wildman–Crippen LogP) is 3.23. The molecule has 1 aliphatic heterocycles. The van der Waals surface area contributed by atoms with E-state index in [-0.39, 0.29) is 0 Å². The molecule has 5 heteroatoms. The normalized spacial score (nSPS) is 12.4. The topological polar surface area (TPSA) is 43.3 Å². The van der Waals surface area contributed by atoms with E-state index < -0.39 is 0 Å². The first-order chi connectivity index (χ1) is 12.3. The molecule has 0 bridgehead atoms. The van der Waals surface area contributed by atoms with Gasteiger partial charge in [0, 0.05) is 36.2 Å². The van der Waals surface area contributed by atoms with Gasteiger partial charge in [-0.25, -0.2) is 0 Å². The molecule has 0 radical (unpaired) electrons. The predicted molar refractivity (Wildman–Crippen MR) is 99.3 cm³/mol. The van der Waals surface area contributed by atoms with Crippen LogP contribution in [-0.2, 0) is 4.74 Å². The van der Waals surface area contributed by atoms with Gasteiger partial charge in [0.15, 0.2) is 11.5 Å². The van der Waals surface area contributed by atoms with Crippen LogP contribution in [0.1, 0.15) is 11.1 Å². The minimum absolute atomic E-state index is 0.455. The second-order valence-corrected chi connectivity index (χ2v) is 5.48. The van der Waals surface area contributed by atoms with Gasteiger partial charge >= 0.3 is 0 Å². The van der Waals surface area contributed by atoms with Crippen LogP contribution in [0.3, 0.4) is 0 Å². The summed E-state index contributed by atoms with van der Waals surface area (Å²) in [5.74, 6) is 4.01. The quantitative estimate of drug-likeness (QED) is 0.600. The molecule has 1 heterocycles. The van der Waals surface area contributed by atoms with Crippen molar-refractivity contribution in [1.29, 1.82) is 0 Å². The first-order valence-corrected chi connectivity index (χ1v) is 7.94. The summed E-state index contributed by atoms with van der Waals surface area (Å²) in [6.45, 7) is 1.49. The second kappa shape index (κ2) is 7.73. The van der Waals surface area contributed by atoms with Crippen LogP contribution in [-0.4, -0.2) is 40.3 Å². The summed E-state index contributed by atoms with van der Waals surface area (Å²) in [6.07, 6.45) is 7.37. The molecule has 5 nitrogen and oxygen atoms in total. The Bertz CT molecular complexity index is 824. The van der Waals surface area contributed by atoms with E-state index in [1.54, 1.807) is 14.2 Å². The smallest absolute Gasteiger partial charge is 0.162 e. The number of rotatable bonds is 6. The Hall–Kier alpha value is -2.97. The molecule has 0 unspecified atom stereocenters. The van der Waals surface area contributed by atoms with Gasteiger partial charge in [0.05, 0.1) is 19.4 Å². The molecular weight excluding hydrogens is 316 g/mol. The van der Waals surface area contributed by atoms with E-state index in [0.717, 1.165) is 22.5 Å². The largest absolute Gasteiger partial charge is 0.493 e. The van der Waals surface area contributed by atoms with Gasteiger partial charge in [-0.15, -0.1) is 6.42 Å². The number of anilines is 2. The highest BCUT2D eigenvalue weighted by Crippen LogP contribution is 2.39. The zero-order valence-corrected chi connectivity index (χ0v) is 14.4. The summed E-state index contributed by atoms with van der Waals surface area (Å²) in [5, 5.41) is 0. The Morgan fingerprint density at radius 3 is 2.80 bits per heavy atom. The monoisotopic (exact) mass is 336 g/mol. The van der Waals surface area contributed by atoms with Gasteiger partial charge in [0.2, 0.25) is 0 Å². The van der Waals surface area contributed by atoms with E-state index in [0.29, 0.717) is 31.4 Å². The molecule has 128 valence electrons. The molecule has 0 fully saturated rings. The summed E-state index contributed by atoms with van der Waals surface area (Å²) in [6, 6.07) is 11.7. The Morgan fingerprint density at radius 1 is 1.16 bits per heavy atom. The Labute approximate surface area is 147 Å². The molecule has 3 rings (SSSR count). The fraction of sp³-hybridized carbons (Fsp3) is 0.250. The molecule has 0 saturated heterocycles. The van der Waals surface area contributed by atoms with Gasteiger partial charge in [-0.1, -0.05) is 12.0 Å². The summed E-state index contributed by atoms with van der Waals surface area (Å²) in [4.78, 5) is 6.55. The van der Waals surface area contributed by atoms with Gasteiger partial charge in [0.1, 0.15) is 13.3 Å². The van der Waals surface area contributed by atoms with Crippen molar-refractivity contribution in [2.24, 2.45) is 4.99 Å². The van der Waals surface area contributed by atoms with Crippen molar-refractivity contribution in [3.05, 3.63) is 47.5 Å². The van der Waals surface area contributed by atoms with Crippen molar-refractivity contribution < 1.29 is 14.2 Å². The summed E-state index contributed by atoms with van der Waals surface area (Å²) in [5.41, 5.74) is 3.79. The Balaban J connectivity index is 1.98. The van der Waals surface area contributed by atoms with Crippen LogP contribution >= 0.6 is 0 Å². The Kier molecular flexibility index (Phi) is 5.22. The molecule has 2 aromatic rings. The van der Waals surface area contributed by atoms with E-state index in [4.69, 9.17) is 20.6 Å². The highest BCUT2D eigenvalue weighted by atomic mass is 16.5. The minimum atomic E-state index is 0.455. The van der Waals surface area contributed by atoms with E-state index in [1.807, 2.05) is 42.6 Å². The number of aliphatic imine (C=N–C) groups is 1. The van der Waals surface area contributed by atoms with E-state index in [9.17, 15) is 0 Å². The fourth-order valence-electron chi connectivity index (χ4n) is 2.69. The van der Waals surface area contributed by atoms with Gasteiger partial charge in [0.25, 0.3) is 0 Å². The van der Waals surface area contributed by atoms with E-state index >= 15 is 0 Å². The molecule has 1 aliphatic rings. The maximum absolute atomic E-state index is 5.76. The molecule has 0 saturated carbocycles. The van der Waals surface area contributed by atoms with Crippen LogP contribution < -0.4 is 14.4 Å². The van der Waals surface area contributed by atoms with Gasteiger partial charge in [-0.05, 0) is 24.3 Å². The number of hydrogen-bond acceptors (Lipinski definition) is 5. The van der Waals surface area contributed by atoms with Crippen LogP contribution in [0.5, 0.6) is 11.5 Å². The average Bonchev–Trinajstić information content (AvgIpc) is 2.67. The highest BCUT2D eigenvalue weighted by Gasteiger charge is 2.20. The van der Waals surface area contributed by atoms with Crippen molar-refractivity contribution in [2.45, 2.75) is 0 Å². The highest BCUT2D eigenvalue weighted by molar-refractivity contribution is 5.93. The second-order valence-electron chi connectivity index (χ2n) is 5.48. The maximum Gasteiger partial charge on any atom is 0.162 e. The lowest BCUT2D eigenvalue weighted by molar-refractivity contribution is 0.144. The van der Waals surface area contributed by atoms with Crippen molar-refractivity contribution in [3.8, 4) is 23.8 Å². The van der Waals surface area contributed by atoms with Crippen LogP contribution in [0.2, 0.25) is 0 Å². The number of hydrogen-bond donors (Lipinski definition) is 0. The molecule has 0 aliphatic carbocycles. The summed E-state index contributed by atoms with van der Waals surface area (Å²) in [7, 11) is 3.27. The van der Waals surface area contributed by atoms with Gasteiger partial charge < -0.3 is 19.1 Å². The zero-order valence-electron chi connectivity index (χ0n) is 14.4. The first-order valence-electron chi connectivity index (χ1n) is 7.94. The molecule has 0 amide bonds. The third-order valence-electron chi connectivity index (χ3n) is 3.93. The number of methoxy groups -OCH3 is 2. The lowest BCUT2D eigenvalue weighted by atomic mass is 10.1. The molecule has 2 aromatic carbocycles. The van der Waals surface area contributed by atoms with Crippen LogP contribution in [0.15, 0.2) is 41.4 Å². The van der Waals surface area contributed by atoms with Crippen molar-refractivity contribution in [2.75, 3.05) is 39.0 Å². The number of terminal acetylenes is 1. The number of benzene rings is 2. The fourth-order valence-corrected chi connectivity index (χ4v) is 2.69. The molecule has 0 N–H and O–H groups in total. The van der Waals surface area contributed by atoms with Crippen molar-refractivity contribution >= 4 is 17.6 Å². The van der Waals surface area contributed by atoms with Gasteiger partial charge in [-0.3, -0.25) is 4.99 Å². The maximum atomic E-state index is 5.76. The lowest BCUT2D eigenvalue weighted by Gasteiger charge is -2.28. The standard InChI is InChI=1S/C20H20N2O3/c1-4-15-6-5-7-17(10-15)22-14-21-13-16-11-20(25-9-8-23-2)19(24-3)12-18(16)22/h1,5-7,10-13H,8-9,14H2,2-3H3. The molecule has 0 atom stereocenters. The summed E-state index contributed by atoms with van der Waals surface area (Å²) < 4.78 is 16.3. The SMILES string of the molecule is C#Cc1cccc(N2CN=Cc3cc(OCCOC)c(OC)cc32)c1. The molecule has 0 aromatic heterocycles.